The average Bonchev–Trinajstić information content (AvgIpc) is 2.41. The van der Waals surface area contributed by atoms with Crippen LogP contribution in [0, 0.1) is 5.82 Å². The van der Waals surface area contributed by atoms with E-state index in [0.29, 0.717) is 18.7 Å². The van der Waals surface area contributed by atoms with Gasteiger partial charge in [0.1, 0.15) is 0 Å². The second-order valence-electron chi connectivity index (χ2n) is 4.17. The molecule has 19 heavy (non-hydrogen) atoms. The molecule has 0 amide bonds. The zero-order valence-electron chi connectivity index (χ0n) is 10.6. The highest BCUT2D eigenvalue weighted by atomic mass is 79.9. The second-order valence-corrected chi connectivity index (χ2v) is 5.08. The topological polar surface area (TPSA) is 21.3 Å². The van der Waals surface area contributed by atoms with Crippen LogP contribution >= 0.6 is 15.9 Å². The first-order valence-electron chi connectivity index (χ1n) is 5.97. The number of rotatable bonds is 5. The number of nitrogens with one attached hydrogen (secondary N) is 1. The average molecular weight is 324 g/mol. The molecule has 0 saturated carbocycles. The Labute approximate surface area is 120 Å². The fourth-order valence-electron chi connectivity index (χ4n) is 1.84. The molecule has 0 aromatic heterocycles. The first-order chi connectivity index (χ1) is 9.20. The smallest absolute Gasteiger partial charge is 0.169 e. The molecular weight excluding hydrogens is 309 g/mol. The van der Waals surface area contributed by atoms with Gasteiger partial charge in [0.2, 0.25) is 0 Å². The van der Waals surface area contributed by atoms with Crippen LogP contribution in [0.15, 0.2) is 46.9 Å². The Hall–Kier alpha value is -1.39. The maximum Gasteiger partial charge on any atom is 0.169 e. The van der Waals surface area contributed by atoms with Crippen molar-refractivity contribution < 1.29 is 9.13 Å². The van der Waals surface area contributed by atoms with E-state index in [9.17, 15) is 4.39 Å². The van der Waals surface area contributed by atoms with Crippen molar-refractivity contribution in [1.29, 1.82) is 0 Å². The van der Waals surface area contributed by atoms with Gasteiger partial charge in [-0.1, -0.05) is 40.2 Å². The fourth-order valence-corrected chi connectivity index (χ4v) is 2.29. The third-order valence-electron chi connectivity index (χ3n) is 2.80. The number of ether oxygens (including phenoxy) is 1. The fraction of sp³-hybridized carbons (Fsp3) is 0.200. The highest BCUT2D eigenvalue weighted by Crippen LogP contribution is 2.19. The van der Waals surface area contributed by atoms with E-state index in [2.05, 4.69) is 21.2 Å². The lowest BCUT2D eigenvalue weighted by atomic mass is 10.2. The van der Waals surface area contributed by atoms with Crippen molar-refractivity contribution in [3.05, 3.63) is 63.9 Å². The summed E-state index contributed by atoms with van der Waals surface area (Å²) in [4.78, 5) is 0. The van der Waals surface area contributed by atoms with E-state index in [1.807, 2.05) is 24.3 Å². The van der Waals surface area contributed by atoms with Gasteiger partial charge < -0.3 is 10.1 Å². The van der Waals surface area contributed by atoms with Crippen LogP contribution in [0.5, 0.6) is 5.75 Å². The number of hydrogen-bond donors (Lipinski definition) is 1. The molecule has 0 bridgehead atoms. The Morgan fingerprint density at radius 3 is 2.68 bits per heavy atom. The van der Waals surface area contributed by atoms with Gasteiger partial charge in [0, 0.05) is 23.1 Å². The van der Waals surface area contributed by atoms with Gasteiger partial charge in [-0.15, -0.1) is 0 Å². The van der Waals surface area contributed by atoms with E-state index in [0.717, 1.165) is 10.0 Å². The zero-order chi connectivity index (χ0) is 13.7. The maximum absolute atomic E-state index is 13.9. The summed E-state index contributed by atoms with van der Waals surface area (Å²) >= 11 is 3.43. The molecule has 2 nitrogen and oxygen atoms in total. The SMILES string of the molecule is COc1cccc(CNCc2cccc(Br)c2)c1F. The van der Waals surface area contributed by atoms with Gasteiger partial charge in [-0.25, -0.2) is 4.39 Å². The van der Waals surface area contributed by atoms with Gasteiger partial charge in [-0.2, -0.15) is 0 Å². The molecular formula is C15H15BrFNO. The largest absolute Gasteiger partial charge is 0.494 e. The predicted molar refractivity (Wildman–Crippen MR) is 77.6 cm³/mol. The van der Waals surface area contributed by atoms with Crippen LogP contribution in [0.2, 0.25) is 0 Å². The van der Waals surface area contributed by atoms with Crippen molar-refractivity contribution in [1.82, 2.24) is 5.32 Å². The molecule has 100 valence electrons. The van der Waals surface area contributed by atoms with Crippen molar-refractivity contribution in [3.63, 3.8) is 0 Å². The van der Waals surface area contributed by atoms with Gasteiger partial charge in [-0.3, -0.25) is 0 Å². The Kier molecular flexibility index (Phi) is 4.93. The van der Waals surface area contributed by atoms with Crippen molar-refractivity contribution in [3.8, 4) is 5.75 Å². The van der Waals surface area contributed by atoms with Crippen molar-refractivity contribution in [2.75, 3.05) is 7.11 Å². The van der Waals surface area contributed by atoms with Gasteiger partial charge in [0.05, 0.1) is 7.11 Å². The summed E-state index contributed by atoms with van der Waals surface area (Å²) in [5, 5.41) is 3.22. The summed E-state index contributed by atoms with van der Waals surface area (Å²) in [6.07, 6.45) is 0. The molecule has 1 N–H and O–H groups in total. The van der Waals surface area contributed by atoms with E-state index < -0.39 is 0 Å². The summed E-state index contributed by atoms with van der Waals surface area (Å²) in [5.41, 5.74) is 1.76. The molecule has 0 fully saturated rings. The second kappa shape index (κ2) is 6.68. The quantitative estimate of drug-likeness (QED) is 0.901. The van der Waals surface area contributed by atoms with Crippen LogP contribution in [0.4, 0.5) is 4.39 Å². The van der Waals surface area contributed by atoms with Gasteiger partial charge >= 0.3 is 0 Å². The lowest BCUT2D eigenvalue weighted by molar-refractivity contribution is 0.383. The van der Waals surface area contributed by atoms with Crippen LogP contribution in [0.1, 0.15) is 11.1 Å². The molecule has 0 saturated heterocycles. The van der Waals surface area contributed by atoms with E-state index in [1.54, 1.807) is 18.2 Å². The first-order valence-corrected chi connectivity index (χ1v) is 6.76. The summed E-state index contributed by atoms with van der Waals surface area (Å²) in [6, 6.07) is 13.2. The van der Waals surface area contributed by atoms with Gasteiger partial charge in [-0.05, 0) is 23.8 Å². The normalized spacial score (nSPS) is 10.5. The maximum atomic E-state index is 13.9. The standard InChI is InChI=1S/C15H15BrFNO/c1-19-14-7-3-5-12(15(14)17)10-18-9-11-4-2-6-13(16)8-11/h2-8,18H,9-10H2,1H3. The number of hydrogen-bond acceptors (Lipinski definition) is 2. The minimum Gasteiger partial charge on any atom is -0.494 e. The predicted octanol–water partition coefficient (Wildman–Crippen LogP) is 3.89. The Bertz CT molecular complexity index is 560. The van der Waals surface area contributed by atoms with Crippen molar-refractivity contribution in [2.24, 2.45) is 0 Å². The van der Waals surface area contributed by atoms with E-state index in [4.69, 9.17) is 4.74 Å². The summed E-state index contributed by atoms with van der Waals surface area (Å²) in [5.74, 6) is -0.0199. The summed E-state index contributed by atoms with van der Waals surface area (Å²) in [7, 11) is 1.47. The highest BCUT2D eigenvalue weighted by molar-refractivity contribution is 9.10. The minimum absolute atomic E-state index is 0.279. The Morgan fingerprint density at radius 2 is 1.95 bits per heavy atom. The number of halogens is 2. The van der Waals surface area contributed by atoms with Crippen molar-refractivity contribution in [2.45, 2.75) is 13.1 Å². The zero-order valence-corrected chi connectivity index (χ0v) is 12.2. The molecule has 2 aromatic carbocycles. The summed E-state index contributed by atoms with van der Waals surface area (Å²) in [6.45, 7) is 1.16. The molecule has 0 radical (unpaired) electrons. The summed E-state index contributed by atoms with van der Waals surface area (Å²) < 4.78 is 19.9. The van der Waals surface area contributed by atoms with Crippen LogP contribution in [0.3, 0.4) is 0 Å². The molecule has 0 heterocycles. The highest BCUT2D eigenvalue weighted by Gasteiger charge is 2.07. The van der Waals surface area contributed by atoms with Crippen LogP contribution < -0.4 is 10.1 Å². The number of methoxy groups -OCH3 is 1. The molecule has 0 atom stereocenters. The van der Waals surface area contributed by atoms with E-state index in [-0.39, 0.29) is 11.6 Å². The molecule has 0 aliphatic rings. The molecule has 2 aromatic rings. The first kappa shape index (κ1) is 14.0. The van der Waals surface area contributed by atoms with Crippen molar-refractivity contribution >= 4 is 15.9 Å². The van der Waals surface area contributed by atoms with E-state index >= 15 is 0 Å². The molecule has 0 unspecified atom stereocenters. The van der Waals surface area contributed by atoms with Crippen LogP contribution in [-0.4, -0.2) is 7.11 Å². The Morgan fingerprint density at radius 1 is 1.16 bits per heavy atom. The van der Waals surface area contributed by atoms with Crippen LogP contribution in [0.25, 0.3) is 0 Å². The molecule has 2 rings (SSSR count). The van der Waals surface area contributed by atoms with Gasteiger partial charge in [0.15, 0.2) is 11.6 Å². The van der Waals surface area contributed by atoms with E-state index in [1.165, 1.54) is 7.11 Å². The third-order valence-corrected chi connectivity index (χ3v) is 3.29. The van der Waals surface area contributed by atoms with Crippen LogP contribution in [-0.2, 0) is 13.1 Å². The molecule has 0 spiro atoms. The molecule has 0 aliphatic carbocycles. The minimum atomic E-state index is -0.299. The third kappa shape index (κ3) is 3.78. The monoisotopic (exact) mass is 323 g/mol. The number of benzene rings is 2. The molecule has 4 heteroatoms. The van der Waals surface area contributed by atoms with Gasteiger partial charge in [0.25, 0.3) is 0 Å². The lowest BCUT2D eigenvalue weighted by Gasteiger charge is -2.09. The molecule has 0 aliphatic heterocycles. The Balaban J connectivity index is 1.96. The lowest BCUT2D eigenvalue weighted by Crippen LogP contribution is -2.14.